The van der Waals surface area contributed by atoms with Gasteiger partial charge in [0.1, 0.15) is 5.92 Å². The SMILES string of the molecule is Cc1ccc(Cl)cc1N1CCN(C(=O)c2ccc(CN3C(=O)C4C=C5OCOC5=CC4=NC3=S)cc2)CC1. The molecule has 0 N–H and O–H groups in total. The first kappa shape index (κ1) is 24.6. The Morgan fingerprint density at radius 2 is 1.82 bits per heavy atom. The minimum absolute atomic E-state index is 0.00645. The van der Waals surface area contributed by atoms with Crippen LogP contribution in [-0.2, 0) is 20.8 Å². The first-order chi connectivity index (χ1) is 18.4. The molecule has 0 spiro atoms. The van der Waals surface area contributed by atoms with Crippen molar-refractivity contribution in [3.63, 3.8) is 0 Å². The maximum atomic E-state index is 13.2. The summed E-state index contributed by atoms with van der Waals surface area (Å²) in [6, 6.07) is 13.2. The van der Waals surface area contributed by atoms with E-state index in [9.17, 15) is 9.59 Å². The maximum Gasteiger partial charge on any atom is 0.253 e. The van der Waals surface area contributed by atoms with Gasteiger partial charge < -0.3 is 19.3 Å². The molecule has 0 saturated carbocycles. The van der Waals surface area contributed by atoms with E-state index in [0.29, 0.717) is 40.9 Å². The molecule has 10 heteroatoms. The van der Waals surface area contributed by atoms with Crippen molar-refractivity contribution in [3.05, 3.63) is 87.8 Å². The standard InChI is InChI=1S/C28H25ClN4O4S/c1-17-2-7-20(29)12-23(17)31-8-10-32(11-9-31)26(34)19-5-3-18(4-6-19)15-33-27(35)21-13-24-25(37-16-36-24)14-22(21)30-28(33)38/h2-7,12-14,21H,8-11,15-16H2,1H3. The molecular formula is C28H25ClN4O4S. The van der Waals surface area contributed by atoms with Crippen LogP contribution in [0.4, 0.5) is 5.69 Å². The number of benzene rings is 2. The third-order valence-electron chi connectivity index (χ3n) is 7.20. The molecule has 6 rings (SSSR count). The van der Waals surface area contributed by atoms with Crippen LogP contribution in [0.25, 0.3) is 0 Å². The van der Waals surface area contributed by atoms with Gasteiger partial charge in [-0.1, -0.05) is 29.8 Å². The fourth-order valence-electron chi connectivity index (χ4n) is 5.07. The summed E-state index contributed by atoms with van der Waals surface area (Å²) in [6.45, 7) is 5.21. The summed E-state index contributed by atoms with van der Waals surface area (Å²) in [7, 11) is 0. The number of halogens is 1. The molecule has 2 saturated heterocycles. The van der Waals surface area contributed by atoms with E-state index in [4.69, 9.17) is 33.3 Å². The number of carbonyl (C=O) groups is 2. The van der Waals surface area contributed by atoms with E-state index < -0.39 is 5.92 Å². The highest BCUT2D eigenvalue weighted by Gasteiger charge is 2.38. The first-order valence-corrected chi connectivity index (χ1v) is 13.2. The molecule has 38 heavy (non-hydrogen) atoms. The molecule has 4 aliphatic rings. The fraction of sp³-hybridized carbons (Fsp3) is 0.286. The molecule has 3 heterocycles. The van der Waals surface area contributed by atoms with Gasteiger partial charge in [0, 0.05) is 48.5 Å². The number of carbonyl (C=O) groups excluding carboxylic acids is 2. The van der Waals surface area contributed by atoms with Gasteiger partial charge in [0.25, 0.3) is 5.91 Å². The van der Waals surface area contributed by atoms with Gasteiger partial charge in [-0.25, -0.2) is 4.99 Å². The van der Waals surface area contributed by atoms with Crippen molar-refractivity contribution in [3.8, 4) is 0 Å². The summed E-state index contributed by atoms with van der Waals surface area (Å²) in [6.07, 6.45) is 3.44. The van der Waals surface area contributed by atoms with Crippen LogP contribution in [0.2, 0.25) is 5.02 Å². The number of hydrogen-bond donors (Lipinski definition) is 0. The lowest BCUT2D eigenvalue weighted by Crippen LogP contribution is -2.49. The molecule has 8 nitrogen and oxygen atoms in total. The second kappa shape index (κ2) is 9.89. The van der Waals surface area contributed by atoms with Gasteiger partial charge in [0.05, 0.1) is 12.3 Å². The molecule has 0 bridgehead atoms. The fourth-order valence-corrected chi connectivity index (χ4v) is 5.50. The lowest BCUT2D eigenvalue weighted by molar-refractivity contribution is -0.129. The van der Waals surface area contributed by atoms with Gasteiger partial charge in [-0.2, -0.15) is 0 Å². The quantitative estimate of drug-likeness (QED) is 0.536. The van der Waals surface area contributed by atoms with Gasteiger partial charge in [-0.3, -0.25) is 14.5 Å². The monoisotopic (exact) mass is 548 g/mol. The minimum atomic E-state index is -0.558. The highest BCUT2D eigenvalue weighted by molar-refractivity contribution is 7.80. The van der Waals surface area contributed by atoms with Crippen molar-refractivity contribution >= 4 is 52.1 Å². The lowest BCUT2D eigenvalue weighted by Gasteiger charge is -2.37. The Morgan fingerprint density at radius 1 is 1.08 bits per heavy atom. The Morgan fingerprint density at radius 3 is 2.58 bits per heavy atom. The van der Waals surface area contributed by atoms with Crippen LogP contribution < -0.4 is 4.90 Å². The average Bonchev–Trinajstić information content (AvgIpc) is 3.39. The Hall–Kier alpha value is -3.69. The number of fused-ring (bicyclic) bond motifs is 2. The van der Waals surface area contributed by atoms with Crippen LogP contribution in [0.5, 0.6) is 0 Å². The van der Waals surface area contributed by atoms with Gasteiger partial charge in [-0.15, -0.1) is 0 Å². The van der Waals surface area contributed by atoms with Gasteiger partial charge in [0.2, 0.25) is 17.8 Å². The topological polar surface area (TPSA) is 74.7 Å². The van der Waals surface area contributed by atoms with E-state index in [1.807, 2.05) is 35.2 Å². The number of nitrogens with zero attached hydrogens (tertiary/aromatic N) is 4. The van der Waals surface area contributed by atoms with Crippen molar-refractivity contribution in [2.24, 2.45) is 10.9 Å². The van der Waals surface area contributed by atoms with E-state index in [0.717, 1.165) is 24.3 Å². The molecule has 194 valence electrons. The number of rotatable bonds is 4. The maximum absolute atomic E-state index is 13.2. The largest absolute Gasteiger partial charge is 0.454 e. The Labute approximate surface area is 230 Å². The molecule has 0 aromatic heterocycles. The van der Waals surface area contributed by atoms with E-state index >= 15 is 0 Å². The predicted molar refractivity (Wildman–Crippen MR) is 148 cm³/mol. The van der Waals surface area contributed by atoms with Crippen LogP contribution in [0, 0.1) is 12.8 Å². The number of aryl methyl sites for hydroxylation is 1. The summed E-state index contributed by atoms with van der Waals surface area (Å²) in [4.78, 5) is 36.5. The molecule has 1 unspecified atom stereocenters. The van der Waals surface area contributed by atoms with Crippen molar-refractivity contribution < 1.29 is 19.1 Å². The summed E-state index contributed by atoms with van der Waals surface area (Å²) in [5.74, 6) is 0.406. The van der Waals surface area contributed by atoms with Crippen LogP contribution in [0.1, 0.15) is 21.5 Å². The number of anilines is 1. The number of allylic oxidation sites excluding steroid dienone is 1. The zero-order valence-corrected chi connectivity index (χ0v) is 22.3. The number of amides is 2. The Bertz CT molecular complexity index is 1430. The van der Waals surface area contributed by atoms with Crippen molar-refractivity contribution in [1.82, 2.24) is 9.80 Å². The van der Waals surface area contributed by atoms with E-state index in [2.05, 4.69) is 16.8 Å². The highest BCUT2D eigenvalue weighted by Crippen LogP contribution is 2.32. The minimum Gasteiger partial charge on any atom is -0.454 e. The van der Waals surface area contributed by atoms with E-state index in [1.165, 1.54) is 10.5 Å². The molecule has 0 radical (unpaired) electrons. The number of aliphatic imine (C=N–C) groups is 1. The molecule has 2 amide bonds. The molecule has 2 aromatic carbocycles. The zero-order chi connectivity index (χ0) is 26.4. The normalized spacial score (nSPS) is 20.6. The second-order valence-electron chi connectivity index (χ2n) is 9.57. The lowest BCUT2D eigenvalue weighted by atomic mass is 9.93. The van der Waals surface area contributed by atoms with Gasteiger partial charge in [-0.05, 0) is 60.6 Å². The van der Waals surface area contributed by atoms with Crippen LogP contribution in [0.3, 0.4) is 0 Å². The first-order valence-electron chi connectivity index (χ1n) is 12.4. The summed E-state index contributed by atoms with van der Waals surface area (Å²) < 4.78 is 10.8. The second-order valence-corrected chi connectivity index (χ2v) is 10.4. The van der Waals surface area contributed by atoms with E-state index in [1.54, 1.807) is 24.3 Å². The van der Waals surface area contributed by atoms with Crippen LogP contribution in [0.15, 0.2) is 71.1 Å². The molecular weight excluding hydrogens is 524 g/mol. The Balaban J connectivity index is 1.09. The summed E-state index contributed by atoms with van der Waals surface area (Å²) in [5, 5.41) is 0.921. The predicted octanol–water partition coefficient (Wildman–Crippen LogP) is 4.08. The number of hydrogen-bond acceptors (Lipinski definition) is 6. The van der Waals surface area contributed by atoms with E-state index in [-0.39, 0.29) is 30.3 Å². The third-order valence-corrected chi connectivity index (χ3v) is 7.74. The highest BCUT2D eigenvalue weighted by atomic mass is 35.5. The number of piperazine rings is 1. The van der Waals surface area contributed by atoms with Crippen molar-refractivity contribution in [1.29, 1.82) is 0 Å². The number of ether oxygens (including phenoxy) is 2. The molecule has 2 aromatic rings. The smallest absolute Gasteiger partial charge is 0.253 e. The van der Waals surface area contributed by atoms with Crippen LogP contribution >= 0.6 is 23.8 Å². The molecule has 3 aliphatic heterocycles. The summed E-state index contributed by atoms with van der Waals surface area (Å²) in [5.41, 5.74) is 4.31. The number of thiocarbonyl (C=S) groups is 1. The zero-order valence-electron chi connectivity index (χ0n) is 20.7. The van der Waals surface area contributed by atoms with Crippen LogP contribution in [-0.4, -0.2) is 65.4 Å². The van der Waals surface area contributed by atoms with Gasteiger partial charge in [0.15, 0.2) is 11.5 Å². The Kier molecular flexibility index (Phi) is 6.41. The summed E-state index contributed by atoms with van der Waals surface area (Å²) >= 11 is 11.6. The van der Waals surface area contributed by atoms with Crippen molar-refractivity contribution in [2.75, 3.05) is 37.9 Å². The third kappa shape index (κ3) is 4.56. The van der Waals surface area contributed by atoms with Crippen molar-refractivity contribution in [2.45, 2.75) is 13.5 Å². The van der Waals surface area contributed by atoms with Gasteiger partial charge >= 0.3 is 0 Å². The molecule has 1 atom stereocenters. The molecule has 2 fully saturated rings. The molecule has 1 aliphatic carbocycles. The average molecular weight is 549 g/mol.